The van der Waals surface area contributed by atoms with Crippen LogP contribution in [-0.2, 0) is 9.53 Å². The molecular weight excluding hydrogens is 224 g/mol. The summed E-state index contributed by atoms with van der Waals surface area (Å²) in [6, 6.07) is -0.251. The summed E-state index contributed by atoms with van der Waals surface area (Å²) in [5, 5.41) is 2.86. The van der Waals surface area contributed by atoms with Gasteiger partial charge in [0, 0.05) is 6.61 Å². The number of carbonyl (C=O) groups is 1. The first-order valence-corrected chi connectivity index (χ1v) is 6.05. The normalized spacial score (nSPS) is 26.8. The van der Waals surface area contributed by atoms with Gasteiger partial charge in [0.05, 0.1) is 11.0 Å². The van der Waals surface area contributed by atoms with Gasteiger partial charge in [-0.15, -0.1) is 0 Å². The molecular formula is C11H20N2O2S. The van der Waals surface area contributed by atoms with Crippen LogP contribution in [0.4, 0.5) is 0 Å². The number of thiocarbonyl (C=S) groups is 1. The predicted molar refractivity (Wildman–Crippen MR) is 67.1 cm³/mol. The Kier molecular flexibility index (Phi) is 4.68. The Balaban J connectivity index is 2.58. The van der Waals surface area contributed by atoms with Crippen LogP contribution in [0.2, 0.25) is 0 Å². The van der Waals surface area contributed by atoms with Crippen molar-refractivity contribution >= 4 is 23.1 Å². The summed E-state index contributed by atoms with van der Waals surface area (Å²) in [5.41, 5.74) is 5.60. The van der Waals surface area contributed by atoms with E-state index in [1.54, 1.807) is 0 Å². The van der Waals surface area contributed by atoms with Crippen LogP contribution in [0.1, 0.15) is 27.2 Å². The molecule has 3 unspecified atom stereocenters. The molecule has 3 atom stereocenters. The molecule has 0 saturated carbocycles. The van der Waals surface area contributed by atoms with Crippen LogP contribution in [0.15, 0.2) is 0 Å². The van der Waals surface area contributed by atoms with Gasteiger partial charge in [-0.3, -0.25) is 4.79 Å². The molecule has 0 aliphatic carbocycles. The maximum absolute atomic E-state index is 11.9. The molecule has 3 N–H and O–H groups in total. The number of ether oxygens (including phenoxy) is 1. The van der Waals surface area contributed by atoms with Gasteiger partial charge in [0.15, 0.2) is 0 Å². The van der Waals surface area contributed by atoms with Crippen molar-refractivity contribution in [1.29, 1.82) is 0 Å². The Bertz CT molecular complexity index is 281. The molecule has 1 heterocycles. The highest BCUT2D eigenvalue weighted by Gasteiger charge is 2.32. The second-order valence-electron chi connectivity index (χ2n) is 4.69. The summed E-state index contributed by atoms with van der Waals surface area (Å²) >= 11 is 4.94. The predicted octanol–water partition coefficient (Wildman–Crippen LogP) is 0.838. The van der Waals surface area contributed by atoms with Crippen LogP contribution in [-0.4, -0.2) is 29.6 Å². The van der Waals surface area contributed by atoms with Crippen LogP contribution >= 0.6 is 12.2 Å². The number of hydrogen-bond donors (Lipinski definition) is 2. The van der Waals surface area contributed by atoms with E-state index in [0.717, 1.165) is 6.42 Å². The standard InChI is InChI=1S/C11H20N2O2S/c1-6(2)8(10(12)16)13-11(14)9-7(3)4-5-15-9/h6-9H,4-5H2,1-3H3,(H2,12,16)(H,13,14). The lowest BCUT2D eigenvalue weighted by Crippen LogP contribution is -2.50. The highest BCUT2D eigenvalue weighted by molar-refractivity contribution is 7.80. The third-order valence-electron chi connectivity index (χ3n) is 2.92. The van der Waals surface area contributed by atoms with Gasteiger partial charge in [0.25, 0.3) is 0 Å². The minimum absolute atomic E-state index is 0.100. The lowest BCUT2D eigenvalue weighted by atomic mass is 10.0. The molecule has 0 spiro atoms. The van der Waals surface area contributed by atoms with Crippen molar-refractivity contribution in [3.63, 3.8) is 0 Å². The topological polar surface area (TPSA) is 64.3 Å². The van der Waals surface area contributed by atoms with Crippen LogP contribution in [0.25, 0.3) is 0 Å². The summed E-state index contributed by atoms with van der Waals surface area (Å²) in [5.74, 6) is 0.355. The number of rotatable bonds is 4. The number of carbonyl (C=O) groups excluding carboxylic acids is 1. The van der Waals surface area contributed by atoms with Crippen LogP contribution in [0, 0.1) is 11.8 Å². The SMILES string of the molecule is CC(C)C(NC(=O)C1OCCC1C)C(N)=S. The molecule has 0 bridgehead atoms. The first kappa shape index (κ1) is 13.4. The number of hydrogen-bond acceptors (Lipinski definition) is 3. The molecule has 16 heavy (non-hydrogen) atoms. The zero-order valence-corrected chi connectivity index (χ0v) is 10.8. The van der Waals surface area contributed by atoms with Gasteiger partial charge in [-0.05, 0) is 18.3 Å². The summed E-state index contributed by atoms with van der Waals surface area (Å²) in [4.78, 5) is 12.3. The van der Waals surface area contributed by atoms with Crippen LogP contribution in [0.5, 0.6) is 0 Å². The molecule has 92 valence electrons. The quantitative estimate of drug-likeness (QED) is 0.719. The minimum atomic E-state index is -0.351. The van der Waals surface area contributed by atoms with Gasteiger partial charge in [0.2, 0.25) is 5.91 Å². The fourth-order valence-electron chi connectivity index (χ4n) is 1.83. The average Bonchev–Trinajstić information content (AvgIpc) is 2.59. The maximum atomic E-state index is 11.9. The monoisotopic (exact) mass is 244 g/mol. The first-order valence-electron chi connectivity index (χ1n) is 5.64. The molecule has 1 fully saturated rings. The second-order valence-corrected chi connectivity index (χ2v) is 5.16. The van der Waals surface area contributed by atoms with Gasteiger partial charge in [-0.2, -0.15) is 0 Å². The molecule has 1 rings (SSSR count). The van der Waals surface area contributed by atoms with Gasteiger partial charge in [-0.1, -0.05) is 33.0 Å². The third kappa shape index (κ3) is 3.15. The molecule has 1 amide bonds. The van der Waals surface area contributed by atoms with E-state index in [0.29, 0.717) is 11.6 Å². The lowest BCUT2D eigenvalue weighted by molar-refractivity contribution is -0.132. The molecule has 1 aliphatic rings. The Morgan fingerprint density at radius 2 is 2.19 bits per heavy atom. The van der Waals surface area contributed by atoms with Crippen molar-refractivity contribution < 1.29 is 9.53 Å². The van der Waals surface area contributed by atoms with E-state index in [1.807, 2.05) is 20.8 Å². The van der Waals surface area contributed by atoms with E-state index in [1.165, 1.54) is 0 Å². The number of nitrogens with two attached hydrogens (primary N) is 1. The molecule has 0 aromatic heterocycles. The van der Waals surface area contributed by atoms with Crippen LogP contribution < -0.4 is 11.1 Å². The lowest BCUT2D eigenvalue weighted by Gasteiger charge is -2.23. The summed E-state index contributed by atoms with van der Waals surface area (Å²) < 4.78 is 5.39. The fourth-order valence-corrected chi connectivity index (χ4v) is 2.16. The second kappa shape index (κ2) is 5.59. The zero-order chi connectivity index (χ0) is 12.3. The Labute approximate surface area is 102 Å². The van der Waals surface area contributed by atoms with Crippen molar-refractivity contribution in [2.75, 3.05) is 6.61 Å². The highest BCUT2D eigenvalue weighted by Crippen LogP contribution is 2.20. The van der Waals surface area contributed by atoms with Crippen molar-refractivity contribution in [3.8, 4) is 0 Å². The summed E-state index contributed by atoms with van der Waals surface area (Å²) in [7, 11) is 0. The van der Waals surface area contributed by atoms with E-state index in [9.17, 15) is 4.79 Å². The maximum Gasteiger partial charge on any atom is 0.249 e. The van der Waals surface area contributed by atoms with Gasteiger partial charge < -0.3 is 15.8 Å². The largest absolute Gasteiger partial charge is 0.392 e. The number of nitrogens with one attached hydrogen (secondary N) is 1. The first-order chi connectivity index (χ1) is 7.43. The van der Waals surface area contributed by atoms with Crippen molar-refractivity contribution in [1.82, 2.24) is 5.32 Å². The van der Waals surface area contributed by atoms with Crippen molar-refractivity contribution in [2.45, 2.75) is 39.3 Å². The average molecular weight is 244 g/mol. The minimum Gasteiger partial charge on any atom is -0.392 e. The Hall–Kier alpha value is -0.680. The van der Waals surface area contributed by atoms with E-state index in [-0.39, 0.29) is 29.9 Å². The van der Waals surface area contributed by atoms with Gasteiger partial charge in [0.1, 0.15) is 6.10 Å². The van der Waals surface area contributed by atoms with Crippen molar-refractivity contribution in [3.05, 3.63) is 0 Å². The van der Waals surface area contributed by atoms with E-state index >= 15 is 0 Å². The van der Waals surface area contributed by atoms with Gasteiger partial charge >= 0.3 is 0 Å². The fraction of sp³-hybridized carbons (Fsp3) is 0.818. The molecule has 5 heteroatoms. The third-order valence-corrected chi connectivity index (χ3v) is 3.17. The Morgan fingerprint density at radius 1 is 1.56 bits per heavy atom. The highest BCUT2D eigenvalue weighted by atomic mass is 32.1. The molecule has 4 nitrogen and oxygen atoms in total. The smallest absolute Gasteiger partial charge is 0.249 e. The molecule has 1 aliphatic heterocycles. The molecule has 0 aromatic rings. The molecule has 0 radical (unpaired) electrons. The summed E-state index contributed by atoms with van der Waals surface area (Å²) in [6.07, 6.45) is 0.577. The van der Waals surface area contributed by atoms with E-state index in [2.05, 4.69) is 5.32 Å². The molecule has 0 aromatic carbocycles. The van der Waals surface area contributed by atoms with Crippen molar-refractivity contribution in [2.24, 2.45) is 17.6 Å². The van der Waals surface area contributed by atoms with Gasteiger partial charge in [-0.25, -0.2) is 0 Å². The zero-order valence-electron chi connectivity index (χ0n) is 10.0. The van der Waals surface area contributed by atoms with Crippen LogP contribution in [0.3, 0.4) is 0 Å². The Morgan fingerprint density at radius 3 is 2.56 bits per heavy atom. The summed E-state index contributed by atoms with van der Waals surface area (Å²) in [6.45, 7) is 6.62. The molecule has 1 saturated heterocycles. The number of amides is 1. The van der Waals surface area contributed by atoms with E-state index in [4.69, 9.17) is 22.7 Å². The van der Waals surface area contributed by atoms with E-state index < -0.39 is 0 Å².